The van der Waals surface area contributed by atoms with Gasteiger partial charge in [-0.3, -0.25) is 0 Å². The second-order valence-electron chi connectivity index (χ2n) is 5.89. The number of hydrogen-bond acceptors (Lipinski definition) is 7. The summed E-state index contributed by atoms with van der Waals surface area (Å²) >= 11 is 0. The van der Waals surface area contributed by atoms with E-state index in [0.717, 1.165) is 0 Å². The van der Waals surface area contributed by atoms with E-state index in [1.54, 1.807) is 36.4 Å². The highest BCUT2D eigenvalue weighted by atomic mass is 16.6. The number of fused-ring (bicyclic) bond motifs is 2. The van der Waals surface area contributed by atoms with Crippen LogP contribution in [0.3, 0.4) is 0 Å². The summed E-state index contributed by atoms with van der Waals surface area (Å²) in [7, 11) is 1.53. The van der Waals surface area contributed by atoms with Crippen molar-refractivity contribution in [3.05, 3.63) is 64.0 Å². The molecule has 0 spiro atoms. The van der Waals surface area contributed by atoms with Crippen molar-refractivity contribution in [2.75, 3.05) is 20.3 Å². The van der Waals surface area contributed by atoms with Crippen LogP contribution >= 0.6 is 0 Å². The number of hydrogen-bond donors (Lipinski definition) is 0. The van der Waals surface area contributed by atoms with Crippen molar-refractivity contribution >= 4 is 16.9 Å². The van der Waals surface area contributed by atoms with E-state index in [0.29, 0.717) is 52.6 Å². The molecule has 0 fully saturated rings. The van der Waals surface area contributed by atoms with Gasteiger partial charge in [-0.05, 0) is 30.3 Å². The Kier molecular flexibility index (Phi) is 4.42. The maximum absolute atomic E-state index is 12.4. The van der Waals surface area contributed by atoms with Gasteiger partial charge in [0.25, 0.3) is 0 Å². The standard InChI is InChI=1S/C20H16O7/c1-23-14-3-4-15-13(9-19(21)27-17(15)10-14)11-26-20(22)12-2-5-16-18(8-12)25-7-6-24-16/h2-5,8-10H,6-7,11H2,1H3. The molecule has 2 aromatic carbocycles. The Hall–Kier alpha value is -3.48. The smallest absolute Gasteiger partial charge is 0.338 e. The van der Waals surface area contributed by atoms with Crippen LogP contribution in [0.15, 0.2) is 51.7 Å². The number of methoxy groups -OCH3 is 1. The van der Waals surface area contributed by atoms with Crippen LogP contribution in [-0.2, 0) is 11.3 Å². The van der Waals surface area contributed by atoms with Crippen molar-refractivity contribution in [1.29, 1.82) is 0 Å². The molecule has 4 rings (SSSR count). The SMILES string of the molecule is COc1ccc2c(COC(=O)c3ccc4c(c3)OCCO4)cc(=O)oc2c1. The number of carbonyl (C=O) groups excluding carboxylic acids is 1. The van der Waals surface area contributed by atoms with E-state index in [4.69, 9.17) is 23.4 Å². The minimum absolute atomic E-state index is 0.0678. The monoisotopic (exact) mass is 368 g/mol. The van der Waals surface area contributed by atoms with Gasteiger partial charge in [-0.25, -0.2) is 9.59 Å². The van der Waals surface area contributed by atoms with Gasteiger partial charge in [0.15, 0.2) is 11.5 Å². The highest BCUT2D eigenvalue weighted by Crippen LogP contribution is 2.31. The molecule has 7 nitrogen and oxygen atoms in total. The van der Waals surface area contributed by atoms with Gasteiger partial charge >= 0.3 is 11.6 Å². The summed E-state index contributed by atoms with van der Waals surface area (Å²) in [5, 5.41) is 0.672. The summed E-state index contributed by atoms with van der Waals surface area (Å²) < 4.78 is 26.6. The van der Waals surface area contributed by atoms with E-state index in [9.17, 15) is 9.59 Å². The van der Waals surface area contributed by atoms with Crippen LogP contribution in [0, 0.1) is 0 Å². The van der Waals surface area contributed by atoms with Crippen molar-refractivity contribution < 1.29 is 28.2 Å². The minimum Gasteiger partial charge on any atom is -0.497 e. The first kappa shape index (κ1) is 17.0. The number of rotatable bonds is 4. The van der Waals surface area contributed by atoms with E-state index >= 15 is 0 Å². The van der Waals surface area contributed by atoms with Gasteiger partial charge in [-0.15, -0.1) is 0 Å². The lowest BCUT2D eigenvalue weighted by molar-refractivity contribution is 0.0472. The maximum atomic E-state index is 12.4. The van der Waals surface area contributed by atoms with E-state index in [-0.39, 0.29) is 6.61 Å². The Balaban J connectivity index is 1.56. The first-order chi connectivity index (χ1) is 13.1. The van der Waals surface area contributed by atoms with Crippen molar-refractivity contribution in [1.82, 2.24) is 0 Å². The second-order valence-corrected chi connectivity index (χ2v) is 5.89. The molecule has 0 amide bonds. The summed E-state index contributed by atoms with van der Waals surface area (Å²) in [5.41, 5.74) is 0.733. The largest absolute Gasteiger partial charge is 0.497 e. The first-order valence-electron chi connectivity index (χ1n) is 8.31. The molecular weight excluding hydrogens is 352 g/mol. The van der Waals surface area contributed by atoms with Crippen molar-refractivity contribution in [2.45, 2.75) is 6.61 Å². The van der Waals surface area contributed by atoms with Crippen LogP contribution in [0.25, 0.3) is 11.0 Å². The zero-order valence-electron chi connectivity index (χ0n) is 14.5. The molecule has 0 bridgehead atoms. The molecule has 0 atom stereocenters. The lowest BCUT2D eigenvalue weighted by Crippen LogP contribution is -2.16. The van der Waals surface area contributed by atoms with Crippen LogP contribution in [0.1, 0.15) is 15.9 Å². The Bertz CT molecular complexity index is 1070. The van der Waals surface area contributed by atoms with Gasteiger partial charge in [-0.2, -0.15) is 0 Å². The molecular formula is C20H16O7. The van der Waals surface area contributed by atoms with Gasteiger partial charge in [0, 0.05) is 23.1 Å². The molecule has 138 valence electrons. The molecule has 2 heterocycles. The summed E-state index contributed by atoms with van der Waals surface area (Å²) in [5.74, 6) is 1.14. The number of ether oxygens (including phenoxy) is 4. The van der Waals surface area contributed by atoms with Crippen LogP contribution in [0.2, 0.25) is 0 Å². The maximum Gasteiger partial charge on any atom is 0.338 e. The van der Waals surface area contributed by atoms with Crippen LogP contribution in [-0.4, -0.2) is 26.3 Å². The molecule has 0 saturated carbocycles. The Morgan fingerprint density at radius 3 is 2.67 bits per heavy atom. The van der Waals surface area contributed by atoms with Gasteiger partial charge in [0.1, 0.15) is 31.2 Å². The molecule has 0 radical (unpaired) electrons. The molecule has 0 aliphatic carbocycles. The predicted molar refractivity (Wildman–Crippen MR) is 95.6 cm³/mol. The Labute approximate surface area is 154 Å². The average Bonchev–Trinajstić information content (AvgIpc) is 2.70. The van der Waals surface area contributed by atoms with Crippen LogP contribution in [0.5, 0.6) is 17.2 Å². The summed E-state index contributed by atoms with van der Waals surface area (Å²) in [4.78, 5) is 24.2. The van der Waals surface area contributed by atoms with Crippen molar-refractivity contribution in [2.24, 2.45) is 0 Å². The molecule has 0 saturated heterocycles. The molecule has 1 aliphatic heterocycles. The predicted octanol–water partition coefficient (Wildman–Crippen LogP) is 2.93. The summed E-state index contributed by atoms with van der Waals surface area (Å²) in [6, 6.07) is 11.3. The fraction of sp³-hybridized carbons (Fsp3) is 0.200. The van der Waals surface area contributed by atoms with Crippen molar-refractivity contribution in [3.63, 3.8) is 0 Å². The molecule has 27 heavy (non-hydrogen) atoms. The Morgan fingerprint density at radius 1 is 1.04 bits per heavy atom. The lowest BCUT2D eigenvalue weighted by atomic mass is 10.1. The van der Waals surface area contributed by atoms with Crippen molar-refractivity contribution in [3.8, 4) is 17.2 Å². The zero-order valence-corrected chi connectivity index (χ0v) is 14.5. The van der Waals surface area contributed by atoms with Gasteiger partial charge in [0.2, 0.25) is 0 Å². The average molecular weight is 368 g/mol. The van der Waals surface area contributed by atoms with Gasteiger partial charge in [-0.1, -0.05) is 0 Å². The number of carbonyl (C=O) groups is 1. The summed E-state index contributed by atoms with van der Waals surface area (Å²) in [6.45, 7) is 0.841. The Morgan fingerprint density at radius 2 is 1.85 bits per heavy atom. The molecule has 3 aromatic rings. The lowest BCUT2D eigenvalue weighted by Gasteiger charge is -2.18. The highest BCUT2D eigenvalue weighted by Gasteiger charge is 2.16. The van der Waals surface area contributed by atoms with Gasteiger partial charge in [0.05, 0.1) is 12.7 Å². The third kappa shape index (κ3) is 3.44. The van der Waals surface area contributed by atoms with E-state index in [1.807, 2.05) is 0 Å². The molecule has 0 unspecified atom stereocenters. The fourth-order valence-corrected chi connectivity index (χ4v) is 2.85. The molecule has 0 N–H and O–H groups in total. The molecule has 1 aliphatic rings. The third-order valence-corrected chi connectivity index (χ3v) is 4.17. The molecule has 1 aromatic heterocycles. The third-order valence-electron chi connectivity index (χ3n) is 4.17. The summed E-state index contributed by atoms with van der Waals surface area (Å²) in [6.07, 6.45) is 0. The quantitative estimate of drug-likeness (QED) is 0.517. The van der Waals surface area contributed by atoms with Crippen LogP contribution < -0.4 is 19.8 Å². The number of esters is 1. The second kappa shape index (κ2) is 7.03. The zero-order chi connectivity index (χ0) is 18.8. The van der Waals surface area contributed by atoms with E-state index in [1.165, 1.54) is 13.2 Å². The normalized spacial score (nSPS) is 12.6. The first-order valence-corrected chi connectivity index (χ1v) is 8.31. The topological polar surface area (TPSA) is 84.2 Å². The molecule has 7 heteroatoms. The van der Waals surface area contributed by atoms with E-state index < -0.39 is 11.6 Å². The highest BCUT2D eigenvalue weighted by molar-refractivity contribution is 5.90. The van der Waals surface area contributed by atoms with Gasteiger partial charge < -0.3 is 23.4 Å². The number of benzene rings is 2. The minimum atomic E-state index is -0.527. The fourth-order valence-electron chi connectivity index (χ4n) is 2.85. The van der Waals surface area contributed by atoms with Crippen LogP contribution in [0.4, 0.5) is 0 Å². The van der Waals surface area contributed by atoms with E-state index in [2.05, 4.69) is 0 Å².